The number of allylic oxidation sites excluding steroid dienone is 2. The minimum atomic E-state index is 0.223. The van der Waals surface area contributed by atoms with E-state index in [4.69, 9.17) is 0 Å². The van der Waals surface area contributed by atoms with Crippen molar-refractivity contribution in [1.29, 1.82) is 0 Å². The fraction of sp³-hybridized carbons (Fsp3) is 0.250. The SMILES string of the molecule is O=C1C=C(Nc2ccc(Br)cc2)CCC1. The van der Waals surface area contributed by atoms with Crippen LogP contribution in [-0.2, 0) is 4.79 Å². The van der Waals surface area contributed by atoms with Gasteiger partial charge in [-0.05, 0) is 37.1 Å². The molecule has 0 heterocycles. The second-order valence-electron chi connectivity index (χ2n) is 3.62. The largest absolute Gasteiger partial charge is 0.359 e. The highest BCUT2D eigenvalue weighted by Gasteiger charge is 2.09. The maximum atomic E-state index is 11.2. The predicted octanol–water partition coefficient (Wildman–Crippen LogP) is 3.50. The van der Waals surface area contributed by atoms with Gasteiger partial charge < -0.3 is 5.32 Å². The van der Waals surface area contributed by atoms with Gasteiger partial charge in [-0.25, -0.2) is 0 Å². The summed E-state index contributed by atoms with van der Waals surface area (Å²) in [6, 6.07) is 7.94. The van der Waals surface area contributed by atoms with Crippen molar-refractivity contribution in [1.82, 2.24) is 0 Å². The Balaban J connectivity index is 2.08. The monoisotopic (exact) mass is 265 g/mol. The summed E-state index contributed by atoms with van der Waals surface area (Å²) in [5, 5.41) is 3.26. The third-order valence-corrected chi connectivity index (χ3v) is 2.88. The molecule has 0 saturated heterocycles. The van der Waals surface area contributed by atoms with E-state index in [1.807, 2.05) is 24.3 Å². The zero-order chi connectivity index (χ0) is 10.7. The molecule has 3 heteroatoms. The van der Waals surface area contributed by atoms with Crippen molar-refractivity contribution >= 4 is 27.4 Å². The third-order valence-electron chi connectivity index (χ3n) is 2.35. The van der Waals surface area contributed by atoms with Crippen LogP contribution in [0.2, 0.25) is 0 Å². The Bertz CT molecular complexity index is 395. The predicted molar refractivity (Wildman–Crippen MR) is 64.7 cm³/mol. The molecule has 2 rings (SSSR count). The number of anilines is 1. The summed E-state index contributed by atoms with van der Waals surface area (Å²) in [6.07, 6.45) is 4.31. The Morgan fingerprint density at radius 1 is 1.13 bits per heavy atom. The first-order valence-corrected chi connectivity index (χ1v) is 5.79. The lowest BCUT2D eigenvalue weighted by Crippen LogP contribution is -2.08. The van der Waals surface area contributed by atoms with Crippen LogP contribution in [0.4, 0.5) is 5.69 Å². The fourth-order valence-electron chi connectivity index (χ4n) is 1.61. The molecule has 0 radical (unpaired) electrons. The summed E-state index contributed by atoms with van der Waals surface area (Å²) in [6.45, 7) is 0. The van der Waals surface area contributed by atoms with E-state index in [1.165, 1.54) is 0 Å². The first-order valence-electron chi connectivity index (χ1n) is 5.00. The fourth-order valence-corrected chi connectivity index (χ4v) is 1.87. The lowest BCUT2D eigenvalue weighted by atomic mass is 10.0. The Morgan fingerprint density at radius 2 is 1.87 bits per heavy atom. The van der Waals surface area contributed by atoms with Crippen molar-refractivity contribution < 1.29 is 4.79 Å². The average molecular weight is 266 g/mol. The molecule has 0 aliphatic heterocycles. The number of carbonyl (C=O) groups is 1. The van der Waals surface area contributed by atoms with Gasteiger partial charge in [-0.2, -0.15) is 0 Å². The highest BCUT2D eigenvalue weighted by molar-refractivity contribution is 9.10. The zero-order valence-corrected chi connectivity index (χ0v) is 9.88. The van der Waals surface area contributed by atoms with E-state index in [2.05, 4.69) is 21.2 Å². The van der Waals surface area contributed by atoms with Crippen LogP contribution in [-0.4, -0.2) is 5.78 Å². The van der Waals surface area contributed by atoms with Crippen LogP contribution in [0.3, 0.4) is 0 Å². The topological polar surface area (TPSA) is 29.1 Å². The smallest absolute Gasteiger partial charge is 0.157 e. The normalized spacial score (nSPS) is 16.1. The summed E-state index contributed by atoms with van der Waals surface area (Å²) in [7, 11) is 0. The number of carbonyl (C=O) groups excluding carboxylic acids is 1. The van der Waals surface area contributed by atoms with Gasteiger partial charge in [0.15, 0.2) is 5.78 Å². The molecule has 0 unspecified atom stereocenters. The van der Waals surface area contributed by atoms with E-state index in [9.17, 15) is 4.79 Å². The number of rotatable bonds is 2. The number of hydrogen-bond donors (Lipinski definition) is 1. The van der Waals surface area contributed by atoms with Crippen LogP contribution < -0.4 is 5.32 Å². The lowest BCUT2D eigenvalue weighted by Gasteiger charge is -2.14. The van der Waals surface area contributed by atoms with Crippen molar-refractivity contribution in [3.8, 4) is 0 Å². The van der Waals surface area contributed by atoms with Gasteiger partial charge in [0.1, 0.15) is 0 Å². The number of benzene rings is 1. The summed E-state index contributed by atoms with van der Waals surface area (Å²) >= 11 is 3.38. The second-order valence-corrected chi connectivity index (χ2v) is 4.54. The Labute approximate surface area is 97.5 Å². The lowest BCUT2D eigenvalue weighted by molar-refractivity contribution is -0.115. The van der Waals surface area contributed by atoms with Crippen LogP contribution in [0.1, 0.15) is 19.3 Å². The molecule has 0 amide bonds. The second kappa shape index (κ2) is 4.62. The molecule has 0 aromatic heterocycles. The molecule has 0 atom stereocenters. The number of halogens is 1. The van der Waals surface area contributed by atoms with E-state index in [1.54, 1.807) is 6.08 Å². The Kier molecular flexibility index (Phi) is 3.21. The van der Waals surface area contributed by atoms with E-state index in [-0.39, 0.29) is 5.78 Å². The standard InChI is InChI=1S/C12H12BrNO/c13-9-4-6-10(7-5-9)14-11-2-1-3-12(15)8-11/h4-8,14H,1-3H2. The maximum absolute atomic E-state index is 11.2. The first kappa shape index (κ1) is 10.4. The van der Waals surface area contributed by atoms with Gasteiger partial charge in [0.2, 0.25) is 0 Å². The minimum Gasteiger partial charge on any atom is -0.359 e. The summed E-state index contributed by atoms with van der Waals surface area (Å²) in [4.78, 5) is 11.2. The zero-order valence-electron chi connectivity index (χ0n) is 8.29. The molecule has 0 spiro atoms. The molecule has 1 aliphatic carbocycles. The van der Waals surface area contributed by atoms with Crippen LogP contribution in [0.15, 0.2) is 40.5 Å². The third kappa shape index (κ3) is 2.93. The van der Waals surface area contributed by atoms with E-state index >= 15 is 0 Å². The molecule has 15 heavy (non-hydrogen) atoms. The quantitative estimate of drug-likeness (QED) is 0.887. The molecule has 0 fully saturated rings. The molecule has 0 bridgehead atoms. The van der Waals surface area contributed by atoms with Gasteiger partial charge in [-0.3, -0.25) is 4.79 Å². The van der Waals surface area contributed by atoms with Crippen LogP contribution in [0.25, 0.3) is 0 Å². The highest BCUT2D eigenvalue weighted by atomic mass is 79.9. The van der Waals surface area contributed by atoms with Crippen molar-refractivity contribution in [2.75, 3.05) is 5.32 Å². The van der Waals surface area contributed by atoms with Crippen LogP contribution in [0.5, 0.6) is 0 Å². The van der Waals surface area contributed by atoms with Gasteiger partial charge in [-0.1, -0.05) is 15.9 Å². The van der Waals surface area contributed by atoms with Crippen molar-refractivity contribution in [3.63, 3.8) is 0 Å². The molecular weight excluding hydrogens is 254 g/mol. The van der Waals surface area contributed by atoms with Gasteiger partial charge in [-0.15, -0.1) is 0 Å². The molecule has 2 nitrogen and oxygen atoms in total. The van der Waals surface area contributed by atoms with Gasteiger partial charge in [0.25, 0.3) is 0 Å². The van der Waals surface area contributed by atoms with Crippen LogP contribution in [0, 0.1) is 0 Å². The maximum Gasteiger partial charge on any atom is 0.157 e. The highest BCUT2D eigenvalue weighted by Crippen LogP contribution is 2.20. The minimum absolute atomic E-state index is 0.223. The van der Waals surface area contributed by atoms with Crippen molar-refractivity contribution in [3.05, 3.63) is 40.5 Å². The molecule has 1 aliphatic rings. The first-order chi connectivity index (χ1) is 7.24. The summed E-state index contributed by atoms with van der Waals surface area (Å²) < 4.78 is 1.06. The molecule has 1 aromatic rings. The number of nitrogens with one attached hydrogen (secondary N) is 1. The molecule has 1 N–H and O–H groups in total. The van der Waals surface area contributed by atoms with Crippen molar-refractivity contribution in [2.24, 2.45) is 0 Å². The van der Waals surface area contributed by atoms with E-state index in [0.717, 1.165) is 28.7 Å². The van der Waals surface area contributed by atoms with Crippen LogP contribution >= 0.6 is 15.9 Å². The van der Waals surface area contributed by atoms with Gasteiger partial charge >= 0.3 is 0 Å². The summed E-state index contributed by atoms with van der Waals surface area (Å²) in [5.74, 6) is 0.223. The van der Waals surface area contributed by atoms with E-state index in [0.29, 0.717) is 6.42 Å². The molecule has 1 aromatic carbocycles. The Morgan fingerprint density at radius 3 is 2.53 bits per heavy atom. The van der Waals surface area contributed by atoms with Gasteiger partial charge in [0, 0.05) is 28.4 Å². The average Bonchev–Trinajstić information content (AvgIpc) is 2.22. The van der Waals surface area contributed by atoms with E-state index < -0.39 is 0 Å². The number of ketones is 1. The molecular formula is C12H12BrNO. The number of hydrogen-bond acceptors (Lipinski definition) is 2. The Hall–Kier alpha value is -1.09. The van der Waals surface area contributed by atoms with Crippen molar-refractivity contribution in [2.45, 2.75) is 19.3 Å². The molecule has 0 saturated carbocycles. The molecule has 78 valence electrons. The van der Waals surface area contributed by atoms with Gasteiger partial charge in [0.05, 0.1) is 0 Å². The summed E-state index contributed by atoms with van der Waals surface area (Å²) in [5.41, 5.74) is 2.05.